The van der Waals surface area contributed by atoms with Crippen LogP contribution >= 0.6 is 0 Å². The second-order valence-electron chi connectivity index (χ2n) is 14.8. The number of nitrogens with zero attached hydrogens (tertiary/aromatic N) is 6. The van der Waals surface area contributed by atoms with Crippen molar-refractivity contribution in [3.8, 4) is 17.3 Å². The van der Waals surface area contributed by atoms with Crippen LogP contribution < -0.4 is 10.2 Å². The molecule has 3 heterocycles. The lowest BCUT2D eigenvalue weighted by molar-refractivity contribution is 0.0575. The summed E-state index contributed by atoms with van der Waals surface area (Å²) in [6, 6.07) is 9.68. The molecule has 2 aromatic heterocycles. The van der Waals surface area contributed by atoms with Gasteiger partial charge in [0.15, 0.2) is 8.32 Å². The first-order chi connectivity index (χ1) is 20.8. The van der Waals surface area contributed by atoms with E-state index in [2.05, 4.69) is 62.3 Å². The number of amides is 1. The Morgan fingerprint density at radius 1 is 1.20 bits per heavy atom. The van der Waals surface area contributed by atoms with Crippen LogP contribution in [0.3, 0.4) is 0 Å². The van der Waals surface area contributed by atoms with Gasteiger partial charge in [0.1, 0.15) is 17.5 Å². The highest BCUT2D eigenvalue weighted by atomic mass is 28.4. The lowest BCUT2D eigenvalue weighted by Crippen LogP contribution is -2.46. The monoisotopic (exact) mass is 633 g/mol. The maximum absolute atomic E-state index is 13.5. The van der Waals surface area contributed by atoms with Crippen molar-refractivity contribution in [2.75, 3.05) is 23.4 Å². The van der Waals surface area contributed by atoms with Gasteiger partial charge < -0.3 is 19.6 Å². The number of aliphatic hydroxyl groups is 1. The lowest BCUT2D eigenvalue weighted by Gasteiger charge is -2.39. The van der Waals surface area contributed by atoms with Crippen LogP contribution in [0.4, 0.5) is 22.2 Å². The minimum absolute atomic E-state index is 0.00254. The van der Waals surface area contributed by atoms with Gasteiger partial charge >= 0.3 is 6.09 Å². The van der Waals surface area contributed by atoms with Crippen LogP contribution in [-0.4, -0.2) is 58.0 Å². The molecule has 11 nitrogen and oxygen atoms in total. The van der Waals surface area contributed by atoms with Gasteiger partial charge in [-0.05, 0) is 76.5 Å². The average Bonchev–Trinajstić information content (AvgIpc) is 3.49. The quantitative estimate of drug-likeness (QED) is 0.250. The molecule has 3 aromatic rings. The highest BCUT2D eigenvalue weighted by Gasteiger charge is 2.47. The Bertz CT molecular complexity index is 1610. The Kier molecular flexibility index (Phi) is 9.23. The van der Waals surface area contributed by atoms with E-state index < -0.39 is 25.4 Å². The number of nitrogens with one attached hydrogen (secondary N) is 1. The largest absolute Gasteiger partial charge is 0.443 e. The van der Waals surface area contributed by atoms with Gasteiger partial charge in [-0.25, -0.2) is 19.4 Å². The summed E-state index contributed by atoms with van der Waals surface area (Å²) in [4.78, 5) is 24.3. The summed E-state index contributed by atoms with van der Waals surface area (Å²) in [5.41, 5.74) is 2.27. The van der Waals surface area contributed by atoms with E-state index in [1.807, 2.05) is 40.7 Å². The number of hydrogen-bond donors (Lipinski definition) is 2. The molecule has 1 atom stereocenters. The second-order valence-corrected chi connectivity index (χ2v) is 19.6. The molecule has 45 heavy (non-hydrogen) atoms. The van der Waals surface area contributed by atoms with E-state index in [0.717, 1.165) is 5.56 Å². The van der Waals surface area contributed by atoms with Gasteiger partial charge in [-0.3, -0.25) is 4.90 Å². The van der Waals surface area contributed by atoms with Gasteiger partial charge in [-0.1, -0.05) is 27.7 Å². The Balaban J connectivity index is 1.80. The molecule has 0 fully saturated rings. The Morgan fingerprint density at radius 2 is 1.89 bits per heavy atom. The third-order valence-electron chi connectivity index (χ3n) is 8.46. The molecule has 0 spiro atoms. The van der Waals surface area contributed by atoms with E-state index in [1.165, 1.54) is 0 Å². The Hall–Kier alpha value is -3.79. The van der Waals surface area contributed by atoms with Crippen LogP contribution in [-0.2, 0) is 21.2 Å². The Morgan fingerprint density at radius 3 is 2.47 bits per heavy atom. The fraction of sp³-hybridized carbons (Fsp3) is 0.545. The van der Waals surface area contributed by atoms with Crippen LogP contribution in [0.25, 0.3) is 11.3 Å². The molecule has 242 valence electrons. The number of rotatable bonds is 8. The van der Waals surface area contributed by atoms with Crippen LogP contribution in [0.2, 0.25) is 18.1 Å². The third-order valence-corrected chi connectivity index (χ3v) is 12.9. The first kappa shape index (κ1) is 34.1. The number of benzene rings is 1. The minimum Gasteiger partial charge on any atom is -0.443 e. The summed E-state index contributed by atoms with van der Waals surface area (Å²) in [6.07, 6.45) is 1.15. The molecule has 1 aromatic carbocycles. The summed E-state index contributed by atoms with van der Waals surface area (Å²) >= 11 is 0. The molecule has 0 radical (unpaired) electrons. The number of aliphatic hydroxyl groups excluding tert-OH is 1. The highest BCUT2D eigenvalue weighted by Crippen LogP contribution is 2.47. The summed E-state index contributed by atoms with van der Waals surface area (Å²) in [6.45, 7) is 23.1. The first-order valence-corrected chi connectivity index (χ1v) is 18.2. The molecular weight excluding hydrogens is 586 g/mol. The predicted octanol–water partition coefficient (Wildman–Crippen LogP) is 7.06. The van der Waals surface area contributed by atoms with E-state index in [9.17, 15) is 15.2 Å². The molecule has 0 saturated carbocycles. The van der Waals surface area contributed by atoms with Gasteiger partial charge in [-0.2, -0.15) is 10.4 Å². The number of anilines is 3. The van der Waals surface area contributed by atoms with Crippen molar-refractivity contribution < 1.29 is 19.1 Å². The SMILES string of the molecule is CC(C)n1nc(CO)cc1Nc1nccc(-c2cc(C#N)c3c(c2)[C@@](C)(CO[Si](C)(C)C(C)(C)C)CN3C(=O)OC(C)(C)C)n1. The van der Waals surface area contributed by atoms with Gasteiger partial charge in [0.25, 0.3) is 0 Å². The van der Waals surface area contributed by atoms with Crippen molar-refractivity contribution in [3.05, 3.63) is 47.3 Å². The summed E-state index contributed by atoms with van der Waals surface area (Å²) in [5.74, 6) is 0.999. The van der Waals surface area contributed by atoms with Crippen molar-refractivity contribution in [2.45, 2.75) is 104 Å². The van der Waals surface area contributed by atoms with Crippen LogP contribution in [0.1, 0.15) is 85.2 Å². The maximum atomic E-state index is 13.5. The van der Waals surface area contributed by atoms with E-state index in [1.54, 1.807) is 34.0 Å². The van der Waals surface area contributed by atoms with E-state index in [0.29, 0.717) is 53.1 Å². The average molecular weight is 634 g/mol. The van der Waals surface area contributed by atoms with E-state index in [-0.39, 0.29) is 17.7 Å². The standard InChI is InChI=1S/C33H47N7O4Si/c1-21(2)40-27(16-24(18-41)38-40)37-29-35-13-12-26(36-29)22-14-23(17-34)28-25(15-22)33(9,20-43-45(10,11)32(6,7)8)19-39(28)30(42)44-31(3,4)5/h12-16,21,41H,18-20H2,1-11H3,(H,35,36,37)/t33-/m1/s1. The van der Waals surface area contributed by atoms with Crippen LogP contribution in [0, 0.1) is 11.3 Å². The van der Waals surface area contributed by atoms with Gasteiger partial charge in [0, 0.05) is 42.4 Å². The van der Waals surface area contributed by atoms with E-state index in [4.69, 9.17) is 14.1 Å². The van der Waals surface area contributed by atoms with Crippen molar-refractivity contribution in [1.82, 2.24) is 19.7 Å². The minimum atomic E-state index is -2.14. The molecule has 0 saturated heterocycles. The number of carbonyl (C=O) groups is 1. The molecule has 1 aliphatic rings. The molecule has 4 rings (SSSR count). The zero-order chi connectivity index (χ0) is 33.5. The predicted molar refractivity (Wildman–Crippen MR) is 178 cm³/mol. The molecule has 0 bridgehead atoms. The highest BCUT2D eigenvalue weighted by molar-refractivity contribution is 6.74. The van der Waals surface area contributed by atoms with Crippen LogP contribution in [0.15, 0.2) is 30.5 Å². The van der Waals surface area contributed by atoms with Crippen LogP contribution in [0.5, 0.6) is 0 Å². The normalized spacial score (nSPS) is 16.9. The topological polar surface area (TPSA) is 138 Å². The number of carbonyl (C=O) groups excluding carboxylic acids is 1. The molecule has 1 amide bonds. The maximum Gasteiger partial charge on any atom is 0.414 e. The summed E-state index contributed by atoms with van der Waals surface area (Å²) in [5, 5.41) is 27.7. The fourth-order valence-corrected chi connectivity index (χ4v) is 6.10. The van der Waals surface area contributed by atoms with Gasteiger partial charge in [0.05, 0.1) is 29.2 Å². The zero-order valence-corrected chi connectivity index (χ0v) is 29.4. The smallest absolute Gasteiger partial charge is 0.414 e. The number of fused-ring (bicyclic) bond motifs is 1. The molecule has 2 N–H and O–H groups in total. The van der Waals surface area contributed by atoms with Crippen molar-refractivity contribution >= 4 is 31.9 Å². The van der Waals surface area contributed by atoms with Gasteiger partial charge in [-0.15, -0.1) is 0 Å². The number of nitriles is 1. The first-order valence-electron chi connectivity index (χ1n) is 15.3. The van der Waals surface area contributed by atoms with Crippen molar-refractivity contribution in [2.24, 2.45) is 0 Å². The summed E-state index contributed by atoms with van der Waals surface area (Å²) < 4.78 is 14.3. The fourth-order valence-electron chi connectivity index (χ4n) is 4.99. The number of aromatic nitrogens is 4. The van der Waals surface area contributed by atoms with Crippen molar-refractivity contribution in [3.63, 3.8) is 0 Å². The van der Waals surface area contributed by atoms with E-state index >= 15 is 0 Å². The molecule has 1 aliphatic heterocycles. The molecule has 12 heteroatoms. The van der Waals surface area contributed by atoms with Crippen molar-refractivity contribution in [1.29, 1.82) is 5.26 Å². The molecular formula is C33H47N7O4Si. The second kappa shape index (κ2) is 12.2. The number of ether oxygens (including phenoxy) is 1. The summed E-state index contributed by atoms with van der Waals surface area (Å²) in [7, 11) is -2.14. The Labute approximate surface area is 267 Å². The third kappa shape index (κ3) is 7.21. The van der Waals surface area contributed by atoms with Gasteiger partial charge in [0.2, 0.25) is 5.95 Å². The zero-order valence-electron chi connectivity index (χ0n) is 28.4. The lowest BCUT2D eigenvalue weighted by atomic mass is 9.83. The molecule has 0 unspecified atom stereocenters. The molecule has 0 aliphatic carbocycles. The number of hydrogen-bond acceptors (Lipinski definition) is 9.